The lowest BCUT2D eigenvalue weighted by atomic mass is 10.3. The molecule has 0 amide bonds. The van der Waals surface area contributed by atoms with Crippen LogP contribution in [0.2, 0.25) is 0 Å². The fourth-order valence-electron chi connectivity index (χ4n) is 0.926. The summed E-state index contributed by atoms with van der Waals surface area (Å²) >= 11 is 0. The van der Waals surface area contributed by atoms with E-state index in [1.165, 1.54) is 6.20 Å². The molecule has 68 valence electrons. The average molecular weight is 188 g/mol. The van der Waals surface area contributed by atoms with Gasteiger partial charge in [0.1, 0.15) is 11.8 Å². The summed E-state index contributed by atoms with van der Waals surface area (Å²) in [4.78, 5) is 14.5. The number of nitriles is 1. The Kier molecular flexibility index (Phi) is 1.84. The molecule has 0 aliphatic heterocycles. The average Bonchev–Trinajstić information content (AvgIpc) is 2.65. The van der Waals surface area contributed by atoms with E-state index in [9.17, 15) is 4.79 Å². The van der Waals surface area contributed by atoms with E-state index in [0.717, 1.165) is 0 Å². The molecule has 2 aromatic heterocycles. The Hall–Kier alpha value is -2.42. The van der Waals surface area contributed by atoms with Crippen molar-refractivity contribution in [2.75, 3.05) is 0 Å². The van der Waals surface area contributed by atoms with Crippen molar-refractivity contribution in [1.82, 2.24) is 15.2 Å². The molecule has 0 spiro atoms. The van der Waals surface area contributed by atoms with Crippen molar-refractivity contribution in [2.24, 2.45) is 0 Å². The van der Waals surface area contributed by atoms with E-state index in [4.69, 9.17) is 5.26 Å². The van der Waals surface area contributed by atoms with Gasteiger partial charge in [0.25, 0.3) is 5.89 Å². The molecule has 2 rings (SSSR count). The second kappa shape index (κ2) is 3.14. The molecule has 6 heteroatoms. The molecule has 14 heavy (non-hydrogen) atoms. The van der Waals surface area contributed by atoms with Crippen molar-refractivity contribution < 1.29 is 4.42 Å². The number of aromatic nitrogens is 3. The van der Waals surface area contributed by atoms with Gasteiger partial charge in [-0.3, -0.25) is 0 Å². The lowest BCUT2D eigenvalue weighted by Crippen LogP contribution is -1.93. The Labute approximate surface area is 77.8 Å². The predicted octanol–water partition coefficient (Wildman–Crippen LogP) is 0.297. The van der Waals surface area contributed by atoms with Crippen LogP contribution in [0.1, 0.15) is 5.56 Å². The molecule has 1 N–H and O–H groups in total. The summed E-state index contributed by atoms with van der Waals surface area (Å²) in [6.45, 7) is 0. The smallest absolute Gasteiger partial charge is 0.386 e. The first-order valence-corrected chi connectivity index (χ1v) is 3.71. The molecule has 2 aromatic rings. The molecule has 0 aliphatic carbocycles. The van der Waals surface area contributed by atoms with E-state index in [-0.39, 0.29) is 5.89 Å². The summed E-state index contributed by atoms with van der Waals surface area (Å²) in [5.41, 5.74) is 0.842. The first-order chi connectivity index (χ1) is 6.79. The normalized spacial score (nSPS) is 9.64. The molecule has 0 atom stereocenters. The van der Waals surface area contributed by atoms with E-state index in [0.29, 0.717) is 11.3 Å². The van der Waals surface area contributed by atoms with E-state index < -0.39 is 5.76 Å². The van der Waals surface area contributed by atoms with E-state index in [2.05, 4.69) is 19.6 Å². The van der Waals surface area contributed by atoms with Crippen molar-refractivity contribution >= 4 is 0 Å². The van der Waals surface area contributed by atoms with Crippen molar-refractivity contribution in [3.05, 3.63) is 34.4 Å². The van der Waals surface area contributed by atoms with E-state index in [1.54, 1.807) is 12.1 Å². The summed E-state index contributed by atoms with van der Waals surface area (Å²) < 4.78 is 4.68. The van der Waals surface area contributed by atoms with Crippen LogP contribution < -0.4 is 5.76 Å². The number of H-pyrrole nitrogens is 1. The highest BCUT2D eigenvalue weighted by molar-refractivity contribution is 5.47. The Balaban J connectivity index is 2.44. The third-order valence-electron chi connectivity index (χ3n) is 1.55. The number of pyridine rings is 1. The standard InChI is InChI=1S/C8H4N4O2/c9-3-5-1-2-6(10-4-5)7-11-12-8(13)14-7/h1-2,4H,(H,12,13). The molecular formula is C8H4N4O2. The molecule has 0 unspecified atom stereocenters. The van der Waals surface area contributed by atoms with Gasteiger partial charge in [0.15, 0.2) is 0 Å². The molecule has 6 nitrogen and oxygen atoms in total. The molecule has 0 aliphatic rings. The van der Waals surface area contributed by atoms with Gasteiger partial charge in [-0.2, -0.15) is 5.26 Å². The molecule has 0 aromatic carbocycles. The highest BCUT2D eigenvalue weighted by Crippen LogP contribution is 2.10. The number of nitrogens with one attached hydrogen (secondary N) is 1. The van der Waals surface area contributed by atoms with Gasteiger partial charge in [-0.25, -0.2) is 14.9 Å². The van der Waals surface area contributed by atoms with Gasteiger partial charge >= 0.3 is 5.76 Å². The van der Waals surface area contributed by atoms with Crippen LogP contribution in [0.25, 0.3) is 11.6 Å². The van der Waals surface area contributed by atoms with Gasteiger partial charge in [-0.15, -0.1) is 5.10 Å². The quantitative estimate of drug-likeness (QED) is 0.694. The third kappa shape index (κ3) is 1.38. The Morgan fingerprint density at radius 1 is 1.50 bits per heavy atom. The minimum Gasteiger partial charge on any atom is -0.386 e. The summed E-state index contributed by atoms with van der Waals surface area (Å²) in [6.07, 6.45) is 1.38. The Morgan fingerprint density at radius 3 is 2.86 bits per heavy atom. The minimum atomic E-state index is -0.633. The van der Waals surface area contributed by atoms with Gasteiger partial charge in [0.05, 0.1) is 5.56 Å². The summed E-state index contributed by atoms with van der Waals surface area (Å²) in [6, 6.07) is 5.05. The van der Waals surface area contributed by atoms with E-state index in [1.807, 2.05) is 6.07 Å². The fourth-order valence-corrected chi connectivity index (χ4v) is 0.926. The highest BCUT2D eigenvalue weighted by atomic mass is 16.4. The first kappa shape index (κ1) is 8.19. The number of hydrogen-bond donors (Lipinski definition) is 1. The minimum absolute atomic E-state index is 0.111. The van der Waals surface area contributed by atoms with Crippen molar-refractivity contribution in [1.29, 1.82) is 5.26 Å². The maximum atomic E-state index is 10.6. The summed E-state index contributed by atoms with van der Waals surface area (Å²) in [5, 5.41) is 14.2. The number of nitrogens with zero attached hydrogens (tertiary/aromatic N) is 3. The number of rotatable bonds is 1. The monoisotopic (exact) mass is 188 g/mol. The second-order valence-electron chi connectivity index (χ2n) is 2.46. The summed E-state index contributed by atoms with van der Waals surface area (Å²) in [5.74, 6) is -0.523. The van der Waals surface area contributed by atoms with Gasteiger partial charge in [-0.05, 0) is 12.1 Å². The molecule has 0 saturated carbocycles. The zero-order chi connectivity index (χ0) is 9.97. The molecule has 0 bridgehead atoms. The van der Waals surface area contributed by atoms with Gasteiger partial charge in [0, 0.05) is 6.20 Å². The lowest BCUT2D eigenvalue weighted by molar-refractivity contribution is 0.525. The van der Waals surface area contributed by atoms with Crippen molar-refractivity contribution in [3.63, 3.8) is 0 Å². The molecule has 2 heterocycles. The molecular weight excluding hydrogens is 184 g/mol. The van der Waals surface area contributed by atoms with Crippen LogP contribution in [-0.4, -0.2) is 15.2 Å². The third-order valence-corrected chi connectivity index (χ3v) is 1.55. The van der Waals surface area contributed by atoms with Crippen LogP contribution in [0.4, 0.5) is 0 Å². The molecule has 0 saturated heterocycles. The summed E-state index contributed by atoms with van der Waals surface area (Å²) in [7, 11) is 0. The first-order valence-electron chi connectivity index (χ1n) is 3.71. The van der Waals surface area contributed by atoms with Crippen LogP contribution in [0.3, 0.4) is 0 Å². The maximum absolute atomic E-state index is 10.6. The largest absolute Gasteiger partial charge is 0.434 e. The van der Waals surface area contributed by atoms with Crippen molar-refractivity contribution in [2.45, 2.75) is 0 Å². The highest BCUT2D eigenvalue weighted by Gasteiger charge is 2.05. The lowest BCUT2D eigenvalue weighted by Gasteiger charge is -1.91. The number of aromatic amines is 1. The Bertz CT molecular complexity index is 531. The number of hydrogen-bond acceptors (Lipinski definition) is 5. The van der Waals surface area contributed by atoms with Crippen LogP contribution >= 0.6 is 0 Å². The second-order valence-corrected chi connectivity index (χ2v) is 2.46. The molecule has 0 fully saturated rings. The van der Waals surface area contributed by atoms with Gasteiger partial charge in [0.2, 0.25) is 0 Å². The van der Waals surface area contributed by atoms with Crippen LogP contribution in [-0.2, 0) is 0 Å². The predicted molar refractivity (Wildman–Crippen MR) is 45.1 cm³/mol. The fraction of sp³-hybridized carbons (Fsp3) is 0. The zero-order valence-corrected chi connectivity index (χ0v) is 6.89. The molecule has 0 radical (unpaired) electrons. The van der Waals surface area contributed by atoms with Crippen LogP contribution in [0, 0.1) is 11.3 Å². The van der Waals surface area contributed by atoms with Gasteiger partial charge in [-0.1, -0.05) is 0 Å². The van der Waals surface area contributed by atoms with Crippen LogP contribution in [0.5, 0.6) is 0 Å². The Morgan fingerprint density at radius 2 is 2.36 bits per heavy atom. The SMILES string of the molecule is N#Cc1ccc(-c2n[nH]c(=O)o2)nc1. The maximum Gasteiger partial charge on any atom is 0.434 e. The van der Waals surface area contributed by atoms with Gasteiger partial charge < -0.3 is 4.42 Å². The zero-order valence-electron chi connectivity index (χ0n) is 6.89. The van der Waals surface area contributed by atoms with E-state index >= 15 is 0 Å². The van der Waals surface area contributed by atoms with Crippen molar-refractivity contribution in [3.8, 4) is 17.7 Å². The van der Waals surface area contributed by atoms with Crippen LogP contribution in [0.15, 0.2) is 27.5 Å². The topological polar surface area (TPSA) is 95.6 Å².